The Hall–Kier alpha value is -3.42. The number of aromatic nitrogens is 3. The molecule has 1 amide bonds. The summed E-state index contributed by atoms with van der Waals surface area (Å²) in [6.07, 6.45) is 0. The van der Waals surface area contributed by atoms with Gasteiger partial charge in [0.2, 0.25) is 0 Å². The molecule has 0 saturated carbocycles. The van der Waals surface area contributed by atoms with E-state index in [0.717, 1.165) is 13.1 Å². The van der Waals surface area contributed by atoms with E-state index in [0.29, 0.717) is 36.2 Å². The molecule has 1 aliphatic heterocycles. The van der Waals surface area contributed by atoms with Crippen LogP contribution in [0.2, 0.25) is 0 Å². The van der Waals surface area contributed by atoms with Gasteiger partial charge in [-0.3, -0.25) is 4.79 Å². The van der Waals surface area contributed by atoms with Gasteiger partial charge in [-0.1, -0.05) is 23.4 Å². The molecule has 3 heterocycles. The fraction of sp³-hybridized carbons (Fsp3) is 0.263. The summed E-state index contributed by atoms with van der Waals surface area (Å²) in [5.74, 6) is 1.66. The molecule has 8 nitrogen and oxygen atoms in total. The Labute approximate surface area is 156 Å². The highest BCUT2D eigenvalue weighted by Crippen LogP contribution is 2.17. The van der Waals surface area contributed by atoms with Crippen molar-refractivity contribution in [2.24, 2.45) is 0 Å². The number of aryl methyl sites for hydroxylation is 1. The molecule has 0 unspecified atom stereocenters. The zero-order valence-corrected chi connectivity index (χ0v) is 15.0. The number of anilines is 3. The van der Waals surface area contributed by atoms with Crippen LogP contribution in [0.5, 0.6) is 0 Å². The first kappa shape index (κ1) is 17.0. The maximum atomic E-state index is 12.7. The van der Waals surface area contributed by atoms with Gasteiger partial charge >= 0.3 is 0 Å². The van der Waals surface area contributed by atoms with Crippen molar-refractivity contribution in [1.29, 1.82) is 0 Å². The molecule has 138 valence electrons. The van der Waals surface area contributed by atoms with E-state index in [4.69, 9.17) is 4.52 Å². The average molecular weight is 364 g/mol. The first-order valence-corrected chi connectivity index (χ1v) is 8.82. The van der Waals surface area contributed by atoms with Crippen LogP contribution >= 0.6 is 0 Å². The van der Waals surface area contributed by atoms with Crippen molar-refractivity contribution in [3.05, 3.63) is 60.0 Å². The Morgan fingerprint density at radius 3 is 2.41 bits per heavy atom. The molecule has 0 bridgehead atoms. The molecule has 1 saturated heterocycles. The number of amides is 1. The van der Waals surface area contributed by atoms with Crippen molar-refractivity contribution in [3.8, 4) is 0 Å². The zero-order valence-electron chi connectivity index (χ0n) is 15.0. The topological polar surface area (TPSA) is 87.4 Å². The zero-order chi connectivity index (χ0) is 18.6. The molecule has 1 aromatic carbocycles. The fourth-order valence-electron chi connectivity index (χ4n) is 3.04. The van der Waals surface area contributed by atoms with Crippen LogP contribution in [0.1, 0.15) is 16.2 Å². The Morgan fingerprint density at radius 2 is 1.78 bits per heavy atom. The van der Waals surface area contributed by atoms with Gasteiger partial charge in [-0.25, -0.2) is 0 Å². The highest BCUT2D eigenvalue weighted by Gasteiger charge is 2.23. The molecule has 1 aliphatic rings. The third-order valence-electron chi connectivity index (χ3n) is 4.46. The summed E-state index contributed by atoms with van der Waals surface area (Å²) in [5.41, 5.74) is 1.52. The average Bonchev–Trinajstić information content (AvgIpc) is 3.13. The lowest BCUT2D eigenvalue weighted by molar-refractivity contribution is 0.0739. The normalized spacial score (nSPS) is 14.3. The van der Waals surface area contributed by atoms with Crippen molar-refractivity contribution in [2.75, 3.05) is 36.4 Å². The van der Waals surface area contributed by atoms with E-state index in [9.17, 15) is 4.79 Å². The maximum Gasteiger partial charge on any atom is 0.274 e. The number of carbonyl (C=O) groups excluding carboxylic acids is 1. The molecule has 0 spiro atoms. The van der Waals surface area contributed by atoms with E-state index in [1.807, 2.05) is 30.0 Å². The highest BCUT2D eigenvalue weighted by molar-refractivity contribution is 5.92. The van der Waals surface area contributed by atoms with Crippen LogP contribution in [0.25, 0.3) is 0 Å². The van der Waals surface area contributed by atoms with Gasteiger partial charge in [0.05, 0.1) is 0 Å². The summed E-state index contributed by atoms with van der Waals surface area (Å²) in [7, 11) is 0. The summed E-state index contributed by atoms with van der Waals surface area (Å²) in [5, 5.41) is 14.9. The lowest BCUT2D eigenvalue weighted by Gasteiger charge is -2.35. The summed E-state index contributed by atoms with van der Waals surface area (Å²) < 4.78 is 4.99. The Balaban J connectivity index is 1.36. The molecule has 0 aliphatic carbocycles. The number of nitrogens with one attached hydrogen (secondary N) is 1. The Bertz CT molecular complexity index is 901. The van der Waals surface area contributed by atoms with E-state index < -0.39 is 0 Å². The smallest absolute Gasteiger partial charge is 0.274 e. The van der Waals surface area contributed by atoms with Crippen LogP contribution < -0.4 is 10.2 Å². The number of benzene rings is 1. The maximum absolute atomic E-state index is 12.7. The molecule has 27 heavy (non-hydrogen) atoms. The SMILES string of the molecule is Cc1cc(Nc2ccc(C(=O)N3CCN(c4ccccc4)CC3)nn2)no1. The van der Waals surface area contributed by atoms with Crippen LogP contribution in [0.15, 0.2) is 53.1 Å². The largest absolute Gasteiger partial charge is 0.368 e. The summed E-state index contributed by atoms with van der Waals surface area (Å²) in [6.45, 7) is 4.73. The van der Waals surface area contributed by atoms with Gasteiger partial charge < -0.3 is 19.6 Å². The molecule has 0 atom stereocenters. The summed E-state index contributed by atoms with van der Waals surface area (Å²) in [6, 6.07) is 15.4. The van der Waals surface area contributed by atoms with Crippen LogP contribution in [0, 0.1) is 6.92 Å². The number of carbonyl (C=O) groups is 1. The van der Waals surface area contributed by atoms with Gasteiger partial charge in [-0.05, 0) is 31.2 Å². The first-order valence-electron chi connectivity index (χ1n) is 8.82. The molecule has 4 rings (SSSR count). The van der Waals surface area contributed by atoms with E-state index in [1.165, 1.54) is 5.69 Å². The number of hydrogen-bond acceptors (Lipinski definition) is 7. The lowest BCUT2D eigenvalue weighted by Crippen LogP contribution is -2.49. The number of piperazine rings is 1. The third-order valence-corrected chi connectivity index (χ3v) is 4.46. The van der Waals surface area contributed by atoms with E-state index in [-0.39, 0.29) is 5.91 Å². The number of rotatable bonds is 4. The number of hydrogen-bond donors (Lipinski definition) is 1. The minimum Gasteiger partial charge on any atom is -0.368 e. The van der Waals surface area contributed by atoms with Gasteiger partial charge in [0, 0.05) is 37.9 Å². The molecule has 0 radical (unpaired) electrons. The van der Waals surface area contributed by atoms with Crippen molar-refractivity contribution in [1.82, 2.24) is 20.3 Å². The molecule has 1 fully saturated rings. The van der Waals surface area contributed by atoms with E-state index in [2.05, 4.69) is 37.7 Å². The van der Waals surface area contributed by atoms with Crippen molar-refractivity contribution in [2.45, 2.75) is 6.92 Å². The lowest BCUT2D eigenvalue weighted by atomic mass is 10.2. The van der Waals surface area contributed by atoms with Crippen LogP contribution in [0.3, 0.4) is 0 Å². The van der Waals surface area contributed by atoms with E-state index in [1.54, 1.807) is 18.2 Å². The van der Waals surface area contributed by atoms with Crippen LogP contribution in [-0.4, -0.2) is 52.3 Å². The molecule has 2 aromatic heterocycles. The predicted octanol–water partition coefficient (Wildman–Crippen LogP) is 2.48. The second kappa shape index (κ2) is 7.45. The third kappa shape index (κ3) is 3.89. The fourth-order valence-corrected chi connectivity index (χ4v) is 3.04. The summed E-state index contributed by atoms with van der Waals surface area (Å²) >= 11 is 0. The van der Waals surface area contributed by atoms with E-state index >= 15 is 0 Å². The van der Waals surface area contributed by atoms with Gasteiger partial charge in [-0.15, -0.1) is 10.2 Å². The minimum absolute atomic E-state index is 0.0981. The van der Waals surface area contributed by atoms with Crippen molar-refractivity contribution >= 4 is 23.2 Å². The second-order valence-electron chi connectivity index (χ2n) is 6.37. The Kier molecular flexibility index (Phi) is 4.69. The monoisotopic (exact) mass is 364 g/mol. The number of para-hydroxylation sites is 1. The van der Waals surface area contributed by atoms with Crippen LogP contribution in [-0.2, 0) is 0 Å². The number of nitrogens with zero attached hydrogens (tertiary/aromatic N) is 5. The first-order chi connectivity index (χ1) is 13.2. The van der Waals surface area contributed by atoms with Gasteiger partial charge in [-0.2, -0.15) is 0 Å². The molecule has 1 N–H and O–H groups in total. The second-order valence-corrected chi connectivity index (χ2v) is 6.37. The Morgan fingerprint density at radius 1 is 1.00 bits per heavy atom. The van der Waals surface area contributed by atoms with Crippen molar-refractivity contribution in [3.63, 3.8) is 0 Å². The van der Waals surface area contributed by atoms with Crippen molar-refractivity contribution < 1.29 is 9.32 Å². The van der Waals surface area contributed by atoms with Gasteiger partial charge in [0.25, 0.3) is 5.91 Å². The molecular formula is C19H20N6O2. The molecular weight excluding hydrogens is 344 g/mol. The van der Waals surface area contributed by atoms with Gasteiger partial charge in [0.15, 0.2) is 17.3 Å². The standard InChI is InChI=1S/C19H20N6O2/c1-14-13-18(23-27-14)20-17-8-7-16(21-22-17)19(26)25-11-9-24(10-12-25)15-5-3-2-4-6-15/h2-8,13H,9-12H2,1H3,(H,20,22,23). The summed E-state index contributed by atoms with van der Waals surface area (Å²) in [4.78, 5) is 16.8. The molecule has 8 heteroatoms. The highest BCUT2D eigenvalue weighted by atomic mass is 16.5. The van der Waals surface area contributed by atoms with Gasteiger partial charge in [0.1, 0.15) is 5.76 Å². The van der Waals surface area contributed by atoms with Crippen LogP contribution in [0.4, 0.5) is 17.3 Å². The quantitative estimate of drug-likeness (QED) is 0.761. The molecule has 3 aromatic rings. The predicted molar refractivity (Wildman–Crippen MR) is 101 cm³/mol. The minimum atomic E-state index is -0.0981.